The molecule has 1 N–H and O–H groups in total. The van der Waals surface area contributed by atoms with Gasteiger partial charge in [-0.15, -0.1) is 0 Å². The van der Waals surface area contributed by atoms with E-state index in [0.29, 0.717) is 10.5 Å². The van der Waals surface area contributed by atoms with Crippen LogP contribution >= 0.6 is 10.3 Å². The van der Waals surface area contributed by atoms with Crippen molar-refractivity contribution in [3.8, 4) is 0 Å². The van der Waals surface area contributed by atoms with Gasteiger partial charge in [-0.25, -0.2) is 0 Å². The van der Waals surface area contributed by atoms with E-state index >= 15 is 0 Å². The number of benzene rings is 1. The Labute approximate surface area is 114 Å². The molecule has 19 heavy (non-hydrogen) atoms. The summed E-state index contributed by atoms with van der Waals surface area (Å²) in [6, 6.07) is 6.61. The van der Waals surface area contributed by atoms with E-state index in [0.717, 1.165) is 7.11 Å². The standard InChI is InChI=1S/C11H16O6S2/c1-16-19(14,15)17-18(2,3)10-6-4-9(5-7-10)8-11(12)13/h4-7H,8H2,1-3H3,(H,12,13). The van der Waals surface area contributed by atoms with Gasteiger partial charge < -0.3 is 5.11 Å². The van der Waals surface area contributed by atoms with E-state index in [1.807, 2.05) is 0 Å². The van der Waals surface area contributed by atoms with E-state index in [1.165, 1.54) is 0 Å². The Balaban J connectivity index is 2.93. The Bertz CT molecular complexity index is 547. The van der Waals surface area contributed by atoms with Gasteiger partial charge in [0, 0.05) is 4.90 Å². The molecular formula is C11H16O6S2. The van der Waals surface area contributed by atoms with Gasteiger partial charge in [-0.05, 0) is 30.2 Å². The molecule has 0 unspecified atom stereocenters. The van der Waals surface area contributed by atoms with Crippen molar-refractivity contribution in [2.75, 3.05) is 19.6 Å². The highest BCUT2D eigenvalue weighted by atomic mass is 32.3. The molecule has 1 aromatic carbocycles. The highest BCUT2D eigenvalue weighted by molar-refractivity contribution is 8.31. The van der Waals surface area contributed by atoms with Crippen molar-refractivity contribution in [2.45, 2.75) is 11.3 Å². The molecule has 0 amide bonds. The SMILES string of the molecule is COS(=O)(=O)OS(C)(C)c1ccc(CC(=O)O)cc1. The fourth-order valence-corrected chi connectivity index (χ4v) is 4.38. The molecule has 8 heteroatoms. The lowest BCUT2D eigenvalue weighted by Gasteiger charge is -2.29. The second-order valence-corrected chi connectivity index (χ2v) is 8.72. The van der Waals surface area contributed by atoms with E-state index in [2.05, 4.69) is 4.18 Å². The van der Waals surface area contributed by atoms with Gasteiger partial charge in [0.15, 0.2) is 0 Å². The molecule has 0 atom stereocenters. The van der Waals surface area contributed by atoms with Gasteiger partial charge in [0.25, 0.3) is 0 Å². The Morgan fingerprint density at radius 1 is 1.21 bits per heavy atom. The topological polar surface area (TPSA) is 89.9 Å². The minimum atomic E-state index is -4.01. The maximum atomic E-state index is 11.3. The fourth-order valence-electron chi connectivity index (χ4n) is 1.39. The first kappa shape index (κ1) is 16.0. The summed E-state index contributed by atoms with van der Waals surface area (Å²) in [5, 5.41) is 8.67. The summed E-state index contributed by atoms with van der Waals surface area (Å²) < 4.78 is 31.9. The number of carbonyl (C=O) groups is 1. The number of aliphatic carboxylic acids is 1. The van der Waals surface area contributed by atoms with Crippen molar-refractivity contribution in [1.82, 2.24) is 0 Å². The van der Waals surface area contributed by atoms with E-state index < -0.39 is 26.7 Å². The third kappa shape index (κ3) is 4.83. The molecule has 6 nitrogen and oxygen atoms in total. The number of rotatable bonds is 6. The van der Waals surface area contributed by atoms with Gasteiger partial charge in [0.05, 0.1) is 13.5 Å². The third-order valence-corrected chi connectivity index (χ3v) is 6.15. The molecular weight excluding hydrogens is 292 g/mol. The average molecular weight is 308 g/mol. The zero-order valence-corrected chi connectivity index (χ0v) is 12.5. The Morgan fingerprint density at radius 2 is 1.74 bits per heavy atom. The number of hydrogen-bond acceptors (Lipinski definition) is 5. The van der Waals surface area contributed by atoms with Gasteiger partial charge >= 0.3 is 16.4 Å². The summed E-state index contributed by atoms with van der Waals surface area (Å²) in [5.74, 6) is -0.919. The quantitative estimate of drug-likeness (QED) is 0.857. The first-order chi connectivity index (χ1) is 8.66. The van der Waals surface area contributed by atoms with Crippen molar-refractivity contribution >= 4 is 26.7 Å². The minimum Gasteiger partial charge on any atom is -0.481 e. The second kappa shape index (κ2) is 5.91. The zero-order valence-electron chi connectivity index (χ0n) is 10.8. The van der Waals surface area contributed by atoms with Gasteiger partial charge in [0.1, 0.15) is 0 Å². The van der Waals surface area contributed by atoms with E-state index in [1.54, 1.807) is 36.8 Å². The predicted octanol–water partition coefficient (Wildman–Crippen LogP) is 1.56. The van der Waals surface area contributed by atoms with Gasteiger partial charge in [-0.1, -0.05) is 22.4 Å². The lowest BCUT2D eigenvalue weighted by atomic mass is 10.2. The first-order valence-corrected chi connectivity index (χ1v) is 8.93. The molecule has 0 saturated heterocycles. The summed E-state index contributed by atoms with van der Waals surface area (Å²) in [7, 11) is -5.02. The van der Waals surface area contributed by atoms with E-state index in [4.69, 9.17) is 8.74 Å². The monoisotopic (exact) mass is 308 g/mol. The van der Waals surface area contributed by atoms with Crippen LogP contribution in [-0.2, 0) is 29.4 Å². The number of carboxylic acids is 1. The first-order valence-electron chi connectivity index (χ1n) is 5.22. The largest absolute Gasteiger partial charge is 0.481 e. The summed E-state index contributed by atoms with van der Waals surface area (Å²) in [6.07, 6.45) is 3.25. The van der Waals surface area contributed by atoms with Crippen LogP contribution in [0.2, 0.25) is 0 Å². The Morgan fingerprint density at radius 3 is 2.16 bits per heavy atom. The molecule has 0 aliphatic heterocycles. The summed E-state index contributed by atoms with van der Waals surface area (Å²) in [5.41, 5.74) is 0.640. The maximum Gasteiger partial charge on any atom is 0.409 e. The molecule has 0 fully saturated rings. The lowest BCUT2D eigenvalue weighted by Crippen LogP contribution is -2.11. The second-order valence-electron chi connectivity index (χ2n) is 4.09. The van der Waals surface area contributed by atoms with Crippen LogP contribution in [0.5, 0.6) is 0 Å². The summed E-state index contributed by atoms with van der Waals surface area (Å²) in [6.45, 7) is 0. The van der Waals surface area contributed by atoms with Gasteiger partial charge in [-0.2, -0.15) is 12.0 Å². The zero-order chi connectivity index (χ0) is 14.7. The summed E-state index contributed by atoms with van der Waals surface area (Å²) in [4.78, 5) is 11.2. The van der Waals surface area contributed by atoms with Crippen LogP contribution in [-0.4, -0.2) is 39.1 Å². The molecule has 0 spiro atoms. The molecule has 0 aliphatic rings. The van der Waals surface area contributed by atoms with Crippen LogP contribution in [0.1, 0.15) is 5.56 Å². The van der Waals surface area contributed by atoms with Crippen molar-refractivity contribution in [2.24, 2.45) is 0 Å². The molecule has 0 aliphatic carbocycles. The molecule has 108 valence electrons. The van der Waals surface area contributed by atoms with Crippen molar-refractivity contribution < 1.29 is 26.1 Å². The highest BCUT2D eigenvalue weighted by Crippen LogP contribution is 2.51. The van der Waals surface area contributed by atoms with Crippen molar-refractivity contribution in [1.29, 1.82) is 0 Å². The fraction of sp³-hybridized carbons (Fsp3) is 0.364. The van der Waals surface area contributed by atoms with Crippen molar-refractivity contribution in [3.05, 3.63) is 29.8 Å². The number of carboxylic acid groups (broad SMARTS) is 1. The lowest BCUT2D eigenvalue weighted by molar-refractivity contribution is -0.136. The smallest absolute Gasteiger partial charge is 0.409 e. The normalized spacial score (nSPS) is 13.2. The molecule has 1 rings (SSSR count). The van der Waals surface area contributed by atoms with Crippen molar-refractivity contribution in [3.63, 3.8) is 0 Å². The van der Waals surface area contributed by atoms with Crippen LogP contribution in [0.3, 0.4) is 0 Å². The van der Waals surface area contributed by atoms with Crippen LogP contribution in [0.15, 0.2) is 29.2 Å². The molecule has 0 heterocycles. The Hall–Kier alpha value is -1.09. The van der Waals surface area contributed by atoms with Crippen LogP contribution in [0, 0.1) is 0 Å². The molecule has 0 radical (unpaired) electrons. The molecule has 0 saturated carbocycles. The predicted molar refractivity (Wildman–Crippen MR) is 72.5 cm³/mol. The average Bonchev–Trinajstić information content (AvgIpc) is 2.27. The van der Waals surface area contributed by atoms with E-state index in [9.17, 15) is 13.2 Å². The molecule has 0 aromatic heterocycles. The molecule has 0 bridgehead atoms. The minimum absolute atomic E-state index is 0.0761. The van der Waals surface area contributed by atoms with Crippen LogP contribution in [0.25, 0.3) is 0 Å². The summed E-state index contributed by atoms with van der Waals surface area (Å²) >= 11 is 0. The Kier molecular flexibility index (Phi) is 4.97. The van der Waals surface area contributed by atoms with Crippen LogP contribution < -0.4 is 0 Å². The van der Waals surface area contributed by atoms with Gasteiger partial charge in [0.2, 0.25) is 0 Å². The van der Waals surface area contributed by atoms with Gasteiger partial charge in [-0.3, -0.25) is 8.98 Å². The number of hydrogen-bond donors (Lipinski definition) is 1. The maximum absolute atomic E-state index is 11.3. The molecule has 1 aromatic rings. The third-order valence-electron chi connectivity index (χ3n) is 2.30. The van der Waals surface area contributed by atoms with Crippen LogP contribution in [0.4, 0.5) is 0 Å². The highest BCUT2D eigenvalue weighted by Gasteiger charge is 2.24. The van der Waals surface area contributed by atoms with E-state index in [-0.39, 0.29) is 6.42 Å².